The molecule has 0 radical (unpaired) electrons. The molecule has 1 N–H and O–H groups in total. The van der Waals surface area contributed by atoms with E-state index in [1.54, 1.807) is 19.3 Å². The molecular formula is C27H26N4O2. The Kier molecular flexibility index (Phi) is 6.64. The van der Waals surface area contributed by atoms with Crippen molar-refractivity contribution in [2.24, 2.45) is 0 Å². The fourth-order valence-corrected chi connectivity index (χ4v) is 3.62. The molecule has 2 amide bonds. The smallest absolute Gasteiger partial charge is 0.254 e. The minimum atomic E-state index is -0.241. The van der Waals surface area contributed by atoms with Crippen molar-refractivity contribution in [3.05, 3.63) is 108 Å². The molecular weight excluding hydrogens is 412 g/mol. The van der Waals surface area contributed by atoms with Gasteiger partial charge >= 0.3 is 0 Å². The quantitative estimate of drug-likeness (QED) is 0.458. The lowest BCUT2D eigenvalue weighted by atomic mass is 9.98. The van der Waals surface area contributed by atoms with Crippen LogP contribution in [0.25, 0.3) is 11.1 Å². The third kappa shape index (κ3) is 5.54. The van der Waals surface area contributed by atoms with Crippen LogP contribution in [0.2, 0.25) is 0 Å². The highest BCUT2D eigenvalue weighted by Gasteiger charge is 2.18. The zero-order valence-corrected chi connectivity index (χ0v) is 18.7. The fraction of sp³-hybridized carbons (Fsp3) is 0.148. The number of benzene rings is 3. The van der Waals surface area contributed by atoms with E-state index in [0.29, 0.717) is 17.8 Å². The van der Waals surface area contributed by atoms with Gasteiger partial charge in [0.05, 0.1) is 13.1 Å². The van der Waals surface area contributed by atoms with E-state index in [1.807, 2.05) is 90.6 Å². The van der Waals surface area contributed by atoms with Gasteiger partial charge < -0.3 is 10.2 Å². The van der Waals surface area contributed by atoms with Crippen molar-refractivity contribution in [1.82, 2.24) is 14.7 Å². The van der Waals surface area contributed by atoms with Crippen molar-refractivity contribution in [2.45, 2.75) is 13.5 Å². The predicted molar refractivity (Wildman–Crippen MR) is 130 cm³/mol. The molecule has 1 heterocycles. The zero-order valence-electron chi connectivity index (χ0n) is 18.7. The second kappa shape index (κ2) is 9.96. The minimum Gasteiger partial charge on any atom is -0.332 e. The van der Waals surface area contributed by atoms with Crippen molar-refractivity contribution in [2.75, 3.05) is 18.9 Å². The summed E-state index contributed by atoms with van der Waals surface area (Å²) in [6.45, 7) is 2.64. The fourth-order valence-electron chi connectivity index (χ4n) is 3.62. The molecule has 0 unspecified atom stereocenters. The summed E-state index contributed by atoms with van der Waals surface area (Å²) in [6.07, 6.45) is 3.68. The standard InChI is InChI=1S/C27H26N4O2/c1-20-8-14-23(15-9-20)29-26(32)19-30(2)27(33)25-7-4-3-6-24(25)22-12-10-21(11-13-22)18-31-17-5-16-28-31/h3-17H,18-19H2,1-2H3,(H,29,32). The van der Waals surface area contributed by atoms with Gasteiger partial charge in [-0.25, -0.2) is 0 Å². The molecule has 33 heavy (non-hydrogen) atoms. The SMILES string of the molecule is Cc1ccc(NC(=O)CN(C)C(=O)c2ccccc2-c2ccc(Cn3cccn3)cc2)cc1. The van der Waals surface area contributed by atoms with Gasteiger partial charge in [-0.3, -0.25) is 14.3 Å². The lowest BCUT2D eigenvalue weighted by Gasteiger charge is -2.19. The lowest BCUT2D eigenvalue weighted by Crippen LogP contribution is -2.35. The van der Waals surface area contributed by atoms with E-state index in [1.165, 1.54) is 4.90 Å². The van der Waals surface area contributed by atoms with Crippen molar-refractivity contribution >= 4 is 17.5 Å². The average Bonchev–Trinajstić information content (AvgIpc) is 3.33. The van der Waals surface area contributed by atoms with Crippen LogP contribution in [-0.2, 0) is 11.3 Å². The van der Waals surface area contributed by atoms with Gasteiger partial charge in [-0.15, -0.1) is 0 Å². The van der Waals surface area contributed by atoms with E-state index < -0.39 is 0 Å². The Balaban J connectivity index is 1.46. The molecule has 0 spiro atoms. The molecule has 166 valence electrons. The first kappa shape index (κ1) is 22.0. The van der Waals surface area contributed by atoms with Crippen LogP contribution >= 0.6 is 0 Å². The van der Waals surface area contributed by atoms with Crippen molar-refractivity contribution in [3.63, 3.8) is 0 Å². The Hall–Kier alpha value is -4.19. The molecule has 0 aliphatic rings. The Morgan fingerprint density at radius 1 is 0.939 bits per heavy atom. The molecule has 4 aromatic rings. The van der Waals surface area contributed by atoms with Crippen LogP contribution in [0.15, 0.2) is 91.3 Å². The van der Waals surface area contributed by atoms with Crippen LogP contribution in [0.5, 0.6) is 0 Å². The molecule has 0 aliphatic heterocycles. The number of nitrogens with zero attached hydrogens (tertiary/aromatic N) is 3. The first-order valence-electron chi connectivity index (χ1n) is 10.8. The van der Waals surface area contributed by atoms with Gasteiger partial charge in [0, 0.05) is 30.7 Å². The van der Waals surface area contributed by atoms with Crippen molar-refractivity contribution in [1.29, 1.82) is 0 Å². The normalized spacial score (nSPS) is 10.6. The maximum Gasteiger partial charge on any atom is 0.254 e. The average molecular weight is 439 g/mol. The van der Waals surface area contributed by atoms with E-state index in [0.717, 1.165) is 22.3 Å². The number of aromatic nitrogens is 2. The summed E-state index contributed by atoms with van der Waals surface area (Å²) in [6, 6.07) is 25.0. The number of rotatable bonds is 7. The summed E-state index contributed by atoms with van der Waals surface area (Å²) >= 11 is 0. The first-order chi connectivity index (χ1) is 16.0. The Morgan fingerprint density at radius 3 is 2.36 bits per heavy atom. The Bertz CT molecular complexity index is 1230. The van der Waals surface area contributed by atoms with Gasteiger partial charge in [-0.2, -0.15) is 5.10 Å². The number of amides is 2. The maximum absolute atomic E-state index is 13.2. The molecule has 6 heteroatoms. The largest absolute Gasteiger partial charge is 0.332 e. The highest BCUT2D eigenvalue weighted by Crippen LogP contribution is 2.25. The molecule has 0 atom stereocenters. The van der Waals surface area contributed by atoms with E-state index in [-0.39, 0.29) is 18.4 Å². The summed E-state index contributed by atoms with van der Waals surface area (Å²) in [5, 5.41) is 7.07. The second-order valence-corrected chi connectivity index (χ2v) is 8.02. The van der Waals surface area contributed by atoms with Crippen LogP contribution < -0.4 is 5.32 Å². The number of anilines is 1. The third-order valence-corrected chi connectivity index (χ3v) is 5.39. The Labute approximate surface area is 193 Å². The van der Waals surface area contributed by atoms with Gasteiger partial charge in [0.1, 0.15) is 0 Å². The highest BCUT2D eigenvalue weighted by atomic mass is 16.2. The maximum atomic E-state index is 13.2. The zero-order chi connectivity index (χ0) is 23.2. The minimum absolute atomic E-state index is 0.0378. The predicted octanol–water partition coefficient (Wildman–Crippen LogP) is 4.62. The molecule has 0 saturated carbocycles. The van der Waals surface area contributed by atoms with Crippen LogP contribution in [-0.4, -0.2) is 40.1 Å². The van der Waals surface area contributed by atoms with E-state index >= 15 is 0 Å². The van der Waals surface area contributed by atoms with Crippen molar-refractivity contribution < 1.29 is 9.59 Å². The number of aryl methyl sites for hydroxylation is 1. The molecule has 6 nitrogen and oxygen atoms in total. The van der Waals surface area contributed by atoms with Crippen LogP contribution in [0, 0.1) is 6.92 Å². The van der Waals surface area contributed by atoms with Crippen molar-refractivity contribution in [3.8, 4) is 11.1 Å². The van der Waals surface area contributed by atoms with Crippen LogP contribution in [0.3, 0.4) is 0 Å². The molecule has 0 fully saturated rings. The van der Waals surface area contributed by atoms with Gasteiger partial charge in [0.15, 0.2) is 0 Å². The lowest BCUT2D eigenvalue weighted by molar-refractivity contribution is -0.116. The van der Waals surface area contributed by atoms with E-state index in [2.05, 4.69) is 10.4 Å². The summed E-state index contributed by atoms with van der Waals surface area (Å²) < 4.78 is 1.86. The van der Waals surface area contributed by atoms with Gasteiger partial charge in [-0.1, -0.05) is 60.2 Å². The molecule has 4 rings (SSSR count). The summed E-state index contributed by atoms with van der Waals surface area (Å²) in [5.74, 6) is -0.444. The van der Waals surface area contributed by atoms with E-state index in [9.17, 15) is 9.59 Å². The Morgan fingerprint density at radius 2 is 1.67 bits per heavy atom. The molecule has 0 bridgehead atoms. The topological polar surface area (TPSA) is 67.2 Å². The number of likely N-dealkylation sites (N-methyl/N-ethyl adjacent to an activating group) is 1. The number of carbonyl (C=O) groups excluding carboxylic acids is 2. The van der Waals surface area contributed by atoms with Gasteiger partial charge in [0.2, 0.25) is 5.91 Å². The molecule has 0 aliphatic carbocycles. The molecule has 0 saturated heterocycles. The van der Waals surface area contributed by atoms with Crippen LogP contribution in [0.4, 0.5) is 5.69 Å². The number of carbonyl (C=O) groups is 2. The number of hydrogen-bond acceptors (Lipinski definition) is 3. The first-order valence-corrected chi connectivity index (χ1v) is 10.8. The second-order valence-electron chi connectivity index (χ2n) is 8.02. The summed E-state index contributed by atoms with van der Waals surface area (Å²) in [5.41, 5.74) is 5.28. The number of hydrogen-bond donors (Lipinski definition) is 1. The monoisotopic (exact) mass is 438 g/mol. The van der Waals surface area contributed by atoms with Crippen LogP contribution in [0.1, 0.15) is 21.5 Å². The summed E-state index contributed by atoms with van der Waals surface area (Å²) in [7, 11) is 1.64. The molecule has 3 aromatic carbocycles. The van der Waals surface area contributed by atoms with Gasteiger partial charge in [-0.05, 0) is 47.9 Å². The highest BCUT2D eigenvalue weighted by molar-refractivity contribution is 6.03. The third-order valence-electron chi connectivity index (χ3n) is 5.39. The summed E-state index contributed by atoms with van der Waals surface area (Å²) in [4.78, 5) is 27.1. The number of nitrogens with one attached hydrogen (secondary N) is 1. The van der Waals surface area contributed by atoms with E-state index in [4.69, 9.17) is 0 Å². The van der Waals surface area contributed by atoms with Gasteiger partial charge in [0.25, 0.3) is 5.91 Å². The molecule has 1 aromatic heterocycles.